The lowest BCUT2D eigenvalue weighted by Gasteiger charge is -2.13. The summed E-state index contributed by atoms with van der Waals surface area (Å²) in [6.07, 6.45) is 1.15. The van der Waals surface area contributed by atoms with Gasteiger partial charge in [-0.25, -0.2) is 13.4 Å². The standard InChI is InChI=1S/C20H20N4O6S/c1-28-18-19(21-13-22-20(18)29-2)24-31(26,27)16-10-8-14(9-11-16)23-17(25)12-30-15-6-4-3-5-7-15/h3-11,13H,12H2,1-2H3,(H,23,25)(H,21,22,24). The van der Waals surface area contributed by atoms with Gasteiger partial charge in [-0.2, -0.15) is 4.98 Å². The average molecular weight is 444 g/mol. The molecule has 0 spiro atoms. The molecule has 2 aromatic carbocycles. The molecule has 1 amide bonds. The van der Waals surface area contributed by atoms with Crippen LogP contribution in [0.4, 0.5) is 11.5 Å². The molecular weight excluding hydrogens is 424 g/mol. The Hall–Kier alpha value is -3.86. The molecule has 3 aromatic rings. The van der Waals surface area contributed by atoms with Crippen LogP contribution in [0.1, 0.15) is 0 Å². The van der Waals surface area contributed by atoms with Crippen molar-refractivity contribution in [3.8, 4) is 17.4 Å². The predicted molar refractivity (Wildman–Crippen MR) is 113 cm³/mol. The Labute approximate surface area is 179 Å². The third-order valence-electron chi connectivity index (χ3n) is 3.96. The second kappa shape index (κ2) is 9.76. The number of hydrogen-bond acceptors (Lipinski definition) is 8. The van der Waals surface area contributed by atoms with E-state index in [1.54, 1.807) is 24.3 Å². The van der Waals surface area contributed by atoms with Crippen molar-refractivity contribution in [2.75, 3.05) is 30.9 Å². The van der Waals surface area contributed by atoms with E-state index in [1.807, 2.05) is 6.07 Å². The Morgan fingerprint density at radius 2 is 1.68 bits per heavy atom. The van der Waals surface area contributed by atoms with Gasteiger partial charge in [-0.15, -0.1) is 0 Å². The van der Waals surface area contributed by atoms with Crippen LogP contribution < -0.4 is 24.2 Å². The van der Waals surface area contributed by atoms with Crippen LogP contribution in [0.25, 0.3) is 0 Å². The summed E-state index contributed by atoms with van der Waals surface area (Å²) in [6.45, 7) is -0.180. The molecule has 1 aromatic heterocycles. The number of carbonyl (C=O) groups excluding carboxylic acids is 1. The van der Waals surface area contributed by atoms with Gasteiger partial charge in [-0.1, -0.05) is 18.2 Å². The summed E-state index contributed by atoms with van der Waals surface area (Å²) in [6, 6.07) is 14.5. The van der Waals surface area contributed by atoms with Gasteiger partial charge >= 0.3 is 0 Å². The van der Waals surface area contributed by atoms with Gasteiger partial charge in [0, 0.05) is 5.69 Å². The van der Waals surface area contributed by atoms with Crippen molar-refractivity contribution in [3.63, 3.8) is 0 Å². The summed E-state index contributed by atoms with van der Waals surface area (Å²) < 4.78 is 43.3. The van der Waals surface area contributed by atoms with E-state index in [0.29, 0.717) is 11.4 Å². The molecule has 0 unspecified atom stereocenters. The zero-order valence-electron chi connectivity index (χ0n) is 16.7. The van der Waals surface area contributed by atoms with Crippen molar-refractivity contribution in [2.24, 2.45) is 0 Å². The van der Waals surface area contributed by atoms with E-state index < -0.39 is 10.0 Å². The van der Waals surface area contributed by atoms with Crippen LogP contribution in [-0.2, 0) is 14.8 Å². The fourth-order valence-corrected chi connectivity index (χ4v) is 3.54. The molecule has 31 heavy (non-hydrogen) atoms. The third kappa shape index (κ3) is 5.60. The molecule has 0 saturated carbocycles. The van der Waals surface area contributed by atoms with Gasteiger partial charge in [0.25, 0.3) is 21.8 Å². The lowest BCUT2D eigenvalue weighted by Crippen LogP contribution is -2.20. The average Bonchev–Trinajstić information content (AvgIpc) is 2.78. The van der Waals surface area contributed by atoms with Gasteiger partial charge in [0.2, 0.25) is 5.75 Å². The Morgan fingerprint density at radius 3 is 2.32 bits per heavy atom. The number of nitrogens with zero attached hydrogens (tertiary/aromatic N) is 2. The topological polar surface area (TPSA) is 129 Å². The zero-order chi connectivity index (χ0) is 22.3. The molecule has 3 rings (SSSR count). The monoisotopic (exact) mass is 444 g/mol. The van der Waals surface area contributed by atoms with Gasteiger partial charge in [0.15, 0.2) is 12.4 Å². The van der Waals surface area contributed by atoms with E-state index in [1.165, 1.54) is 38.5 Å². The maximum absolute atomic E-state index is 12.7. The lowest BCUT2D eigenvalue weighted by molar-refractivity contribution is -0.118. The highest BCUT2D eigenvalue weighted by Crippen LogP contribution is 2.32. The molecule has 0 saturated heterocycles. The molecule has 0 aliphatic carbocycles. The molecule has 0 bridgehead atoms. The number of ether oxygens (including phenoxy) is 3. The molecule has 0 aliphatic heterocycles. The van der Waals surface area contributed by atoms with Crippen molar-refractivity contribution >= 4 is 27.4 Å². The number of nitrogens with one attached hydrogen (secondary N) is 2. The molecule has 11 heteroatoms. The molecule has 1 heterocycles. The summed E-state index contributed by atoms with van der Waals surface area (Å²) in [4.78, 5) is 19.8. The van der Waals surface area contributed by atoms with Crippen molar-refractivity contribution in [3.05, 3.63) is 60.9 Å². The van der Waals surface area contributed by atoms with Gasteiger partial charge < -0.3 is 19.5 Å². The molecule has 2 N–H and O–H groups in total. The molecule has 0 aliphatic rings. The second-order valence-electron chi connectivity index (χ2n) is 6.04. The maximum Gasteiger partial charge on any atom is 0.263 e. The molecular formula is C20H20N4O6S. The van der Waals surface area contributed by atoms with Crippen LogP contribution in [0.5, 0.6) is 17.4 Å². The zero-order valence-corrected chi connectivity index (χ0v) is 17.5. The first kappa shape index (κ1) is 21.8. The summed E-state index contributed by atoms with van der Waals surface area (Å²) in [5.41, 5.74) is 0.418. The Bertz CT molecular complexity index is 1140. The summed E-state index contributed by atoms with van der Waals surface area (Å²) in [5.74, 6) is 0.268. The number of carbonyl (C=O) groups is 1. The first-order chi connectivity index (χ1) is 14.9. The maximum atomic E-state index is 12.7. The highest BCUT2D eigenvalue weighted by Gasteiger charge is 2.20. The predicted octanol–water partition coefficient (Wildman–Crippen LogP) is 2.31. The number of para-hydroxylation sites is 1. The Kier molecular flexibility index (Phi) is 6.88. The third-order valence-corrected chi connectivity index (χ3v) is 5.32. The van der Waals surface area contributed by atoms with Crippen molar-refractivity contribution < 1.29 is 27.4 Å². The number of sulfonamides is 1. The number of benzene rings is 2. The smallest absolute Gasteiger partial charge is 0.263 e. The molecule has 10 nitrogen and oxygen atoms in total. The van der Waals surface area contributed by atoms with Crippen LogP contribution in [-0.4, -0.2) is 45.1 Å². The molecule has 0 atom stereocenters. The van der Waals surface area contributed by atoms with Crippen molar-refractivity contribution in [1.29, 1.82) is 0 Å². The van der Waals surface area contributed by atoms with E-state index in [4.69, 9.17) is 14.2 Å². The van der Waals surface area contributed by atoms with Crippen molar-refractivity contribution in [2.45, 2.75) is 4.90 Å². The minimum absolute atomic E-state index is 0.0364. The van der Waals surface area contributed by atoms with E-state index in [-0.39, 0.29) is 34.9 Å². The van der Waals surface area contributed by atoms with E-state index in [9.17, 15) is 13.2 Å². The lowest BCUT2D eigenvalue weighted by atomic mass is 10.3. The van der Waals surface area contributed by atoms with Gasteiger partial charge in [-0.05, 0) is 36.4 Å². The quantitative estimate of drug-likeness (QED) is 0.514. The minimum Gasteiger partial charge on any atom is -0.489 e. The summed E-state index contributed by atoms with van der Waals surface area (Å²) in [7, 11) is -1.25. The number of rotatable bonds is 9. The minimum atomic E-state index is -3.98. The number of methoxy groups -OCH3 is 2. The largest absolute Gasteiger partial charge is 0.489 e. The normalized spacial score (nSPS) is 10.8. The summed E-state index contributed by atoms with van der Waals surface area (Å²) in [5, 5.41) is 2.64. The van der Waals surface area contributed by atoms with Gasteiger partial charge in [0.1, 0.15) is 12.1 Å². The number of anilines is 2. The number of amides is 1. The first-order valence-corrected chi connectivity index (χ1v) is 10.4. The highest BCUT2D eigenvalue weighted by atomic mass is 32.2. The van der Waals surface area contributed by atoms with Crippen molar-refractivity contribution in [1.82, 2.24) is 9.97 Å². The Morgan fingerprint density at radius 1 is 0.968 bits per heavy atom. The first-order valence-electron chi connectivity index (χ1n) is 8.96. The molecule has 0 radical (unpaired) electrons. The van der Waals surface area contributed by atoms with Crippen LogP contribution in [0, 0.1) is 0 Å². The van der Waals surface area contributed by atoms with Gasteiger partial charge in [0.05, 0.1) is 19.1 Å². The van der Waals surface area contributed by atoms with Crippen LogP contribution >= 0.6 is 0 Å². The van der Waals surface area contributed by atoms with Gasteiger partial charge in [-0.3, -0.25) is 9.52 Å². The van der Waals surface area contributed by atoms with Crippen LogP contribution in [0.3, 0.4) is 0 Å². The molecule has 0 fully saturated rings. The Balaban J connectivity index is 1.65. The van der Waals surface area contributed by atoms with Crippen LogP contribution in [0.2, 0.25) is 0 Å². The summed E-state index contributed by atoms with van der Waals surface area (Å²) >= 11 is 0. The van der Waals surface area contributed by atoms with E-state index >= 15 is 0 Å². The SMILES string of the molecule is COc1ncnc(NS(=O)(=O)c2ccc(NC(=O)COc3ccccc3)cc2)c1OC. The second-order valence-corrected chi connectivity index (χ2v) is 7.73. The fourth-order valence-electron chi connectivity index (χ4n) is 2.53. The van der Waals surface area contributed by atoms with E-state index in [0.717, 1.165) is 6.33 Å². The number of hydrogen-bond donors (Lipinski definition) is 2. The van der Waals surface area contributed by atoms with Crippen LogP contribution in [0.15, 0.2) is 65.8 Å². The highest BCUT2D eigenvalue weighted by molar-refractivity contribution is 7.92. The fraction of sp³-hybridized carbons (Fsp3) is 0.150. The molecule has 162 valence electrons. The van der Waals surface area contributed by atoms with E-state index in [2.05, 4.69) is 20.0 Å². The number of aromatic nitrogens is 2.